The van der Waals surface area contributed by atoms with Gasteiger partial charge in [-0.05, 0) is 65.8 Å². The van der Waals surface area contributed by atoms with Crippen molar-refractivity contribution in [3.63, 3.8) is 0 Å². The number of halogens is 1. The molecule has 0 saturated heterocycles. The lowest BCUT2D eigenvalue weighted by atomic mass is 9.98. The zero-order valence-electron chi connectivity index (χ0n) is 30.5. The summed E-state index contributed by atoms with van der Waals surface area (Å²) in [7, 11) is 3.42. The number of amides is 6. The molecular formula is C38H50ClN7O7. The van der Waals surface area contributed by atoms with E-state index in [9.17, 15) is 24.0 Å². The molecule has 53 heavy (non-hydrogen) atoms. The van der Waals surface area contributed by atoms with Crippen LogP contribution in [0.5, 0.6) is 0 Å². The summed E-state index contributed by atoms with van der Waals surface area (Å²) in [5.74, 6) is -1.96. The second-order valence-electron chi connectivity index (χ2n) is 13.0. The van der Waals surface area contributed by atoms with Crippen LogP contribution in [0, 0.1) is 5.92 Å². The van der Waals surface area contributed by atoms with Gasteiger partial charge in [0.1, 0.15) is 25.3 Å². The van der Waals surface area contributed by atoms with Gasteiger partial charge in [-0.1, -0.05) is 74.5 Å². The van der Waals surface area contributed by atoms with E-state index in [2.05, 4.69) is 16.0 Å². The van der Waals surface area contributed by atoms with Crippen molar-refractivity contribution in [3.8, 4) is 11.1 Å². The van der Waals surface area contributed by atoms with Crippen molar-refractivity contribution >= 4 is 48.1 Å². The monoisotopic (exact) mass is 751 g/mol. The lowest BCUT2D eigenvalue weighted by Gasteiger charge is -2.34. The average molecular weight is 752 g/mol. The number of benzene rings is 3. The number of primary amides is 2. The molecule has 0 aromatic heterocycles. The Balaban J connectivity index is 0.00000756. The van der Waals surface area contributed by atoms with Crippen molar-refractivity contribution in [1.82, 2.24) is 20.9 Å². The molecule has 0 fully saturated rings. The highest BCUT2D eigenvalue weighted by atomic mass is 35.5. The predicted octanol–water partition coefficient (Wildman–Crippen LogP) is 4.09. The number of nitrogens with zero attached hydrogens (tertiary/aromatic N) is 2. The van der Waals surface area contributed by atoms with Gasteiger partial charge in [-0.3, -0.25) is 14.5 Å². The topological polar surface area (TPSA) is 198 Å². The molecule has 0 bridgehead atoms. The number of anilines is 1. The third kappa shape index (κ3) is 11.1. The molecule has 1 aliphatic rings. The van der Waals surface area contributed by atoms with E-state index in [1.165, 1.54) is 9.80 Å². The predicted molar refractivity (Wildman–Crippen MR) is 205 cm³/mol. The number of fused-ring (bicyclic) bond motifs is 3. The third-order valence-electron chi connectivity index (χ3n) is 8.97. The highest BCUT2D eigenvalue weighted by Gasteiger charge is 2.37. The molecule has 286 valence electrons. The Morgan fingerprint density at radius 3 is 2.00 bits per heavy atom. The number of nitrogens with two attached hydrogens (primary N) is 2. The van der Waals surface area contributed by atoms with E-state index >= 15 is 0 Å². The Morgan fingerprint density at radius 2 is 1.45 bits per heavy atom. The van der Waals surface area contributed by atoms with E-state index in [4.69, 9.17) is 20.9 Å². The minimum Gasteiger partial charge on any atom is -0.449 e. The fourth-order valence-corrected chi connectivity index (χ4v) is 6.18. The van der Waals surface area contributed by atoms with Crippen LogP contribution in [-0.2, 0) is 25.7 Å². The SMILES string of the molecule is CNCCN(C)C(=O)OCc1ccc(N(C(=O)[C@@H](NC(=O)OCC2c3ccccc3-c3ccccc32)C(C)C)[C@@H](CCCNC(N)=O)C(N)=O)cc1.Cl. The maximum atomic E-state index is 14.4. The number of hydrogen-bond donors (Lipinski definition) is 5. The van der Waals surface area contributed by atoms with E-state index in [0.29, 0.717) is 24.3 Å². The Hall–Kier alpha value is -5.34. The van der Waals surface area contributed by atoms with Crippen LogP contribution in [0.1, 0.15) is 49.3 Å². The summed E-state index contributed by atoms with van der Waals surface area (Å²) in [6.45, 7) is 4.80. The first-order chi connectivity index (χ1) is 24.9. The fraction of sp³-hybridized carbons (Fsp3) is 0.395. The molecule has 4 rings (SSSR count). The molecule has 6 amide bonds. The summed E-state index contributed by atoms with van der Waals surface area (Å²) >= 11 is 0. The Morgan fingerprint density at radius 1 is 0.849 bits per heavy atom. The van der Waals surface area contributed by atoms with Crippen LogP contribution in [-0.4, -0.2) is 87.4 Å². The number of likely N-dealkylation sites (N-methyl/N-ethyl adjacent to an activating group) is 2. The van der Waals surface area contributed by atoms with Crippen molar-refractivity contribution in [1.29, 1.82) is 0 Å². The standard InChI is InChI=1S/C38H49N7O7.ClH/c1-24(2)33(43-37(49)51-23-31-29-12-7-5-10-27(29)28-11-6-8-13-30(28)31)35(47)45(32(34(39)46)14-9-19-42-36(40)48)26-17-15-25(16-18-26)22-52-38(50)44(4)21-20-41-3;/h5-8,10-13,15-18,24,31-33,41H,9,14,19-23H2,1-4H3,(H2,39,46)(H,43,49)(H3,40,42,48);1H/t32-,33-;/m0./s1. The molecule has 15 heteroatoms. The maximum absolute atomic E-state index is 14.4. The van der Waals surface area contributed by atoms with Gasteiger partial charge in [0, 0.05) is 38.3 Å². The first-order valence-corrected chi connectivity index (χ1v) is 17.3. The van der Waals surface area contributed by atoms with Crippen molar-refractivity contribution < 1.29 is 33.4 Å². The van der Waals surface area contributed by atoms with Crippen molar-refractivity contribution in [2.75, 3.05) is 45.2 Å². The summed E-state index contributed by atoms with van der Waals surface area (Å²) in [6, 6.07) is 19.6. The quantitative estimate of drug-likeness (QED) is 0.127. The van der Waals surface area contributed by atoms with E-state index in [0.717, 1.165) is 22.3 Å². The number of urea groups is 1. The fourth-order valence-electron chi connectivity index (χ4n) is 6.18. The summed E-state index contributed by atoms with van der Waals surface area (Å²) in [6.07, 6.45) is -0.905. The van der Waals surface area contributed by atoms with Crippen LogP contribution in [0.3, 0.4) is 0 Å². The molecule has 14 nitrogen and oxygen atoms in total. The van der Waals surface area contributed by atoms with E-state index < -0.39 is 48.0 Å². The van der Waals surface area contributed by atoms with Gasteiger partial charge in [-0.2, -0.15) is 0 Å². The first-order valence-electron chi connectivity index (χ1n) is 17.3. The molecule has 3 aromatic carbocycles. The van der Waals surface area contributed by atoms with Crippen molar-refractivity contribution in [2.24, 2.45) is 17.4 Å². The number of hydrogen-bond acceptors (Lipinski definition) is 8. The van der Waals surface area contributed by atoms with Gasteiger partial charge in [0.05, 0.1) is 0 Å². The van der Waals surface area contributed by atoms with Gasteiger partial charge >= 0.3 is 18.2 Å². The van der Waals surface area contributed by atoms with Crippen molar-refractivity contribution in [2.45, 2.75) is 51.3 Å². The van der Waals surface area contributed by atoms with Crippen LogP contribution >= 0.6 is 12.4 Å². The van der Waals surface area contributed by atoms with E-state index in [-0.39, 0.29) is 50.9 Å². The number of alkyl carbamates (subject to hydrolysis) is 1. The molecule has 0 spiro atoms. The zero-order valence-corrected chi connectivity index (χ0v) is 31.3. The first kappa shape index (κ1) is 42.1. The molecule has 7 N–H and O–H groups in total. The highest BCUT2D eigenvalue weighted by molar-refractivity contribution is 6.04. The van der Waals surface area contributed by atoms with Crippen LogP contribution < -0.4 is 32.3 Å². The Kier molecular flexibility index (Phi) is 15.9. The second-order valence-corrected chi connectivity index (χ2v) is 13.0. The lowest BCUT2D eigenvalue weighted by molar-refractivity contribution is -0.126. The molecular weight excluding hydrogens is 702 g/mol. The number of carbonyl (C=O) groups excluding carboxylic acids is 5. The lowest BCUT2D eigenvalue weighted by Crippen LogP contribution is -2.57. The molecule has 3 aromatic rings. The van der Waals surface area contributed by atoms with Gasteiger partial charge in [-0.15, -0.1) is 12.4 Å². The number of nitrogens with one attached hydrogen (secondary N) is 3. The van der Waals surface area contributed by atoms with Crippen LogP contribution in [0.4, 0.5) is 20.1 Å². The van der Waals surface area contributed by atoms with Gasteiger partial charge in [0.15, 0.2) is 0 Å². The number of rotatable bonds is 17. The average Bonchev–Trinajstić information content (AvgIpc) is 3.45. The molecule has 0 radical (unpaired) electrons. The Bertz CT molecular complexity index is 1680. The highest BCUT2D eigenvalue weighted by Crippen LogP contribution is 2.44. The zero-order chi connectivity index (χ0) is 37.8. The van der Waals surface area contributed by atoms with Crippen LogP contribution in [0.2, 0.25) is 0 Å². The minimum absolute atomic E-state index is 0. The van der Waals surface area contributed by atoms with Crippen LogP contribution in [0.15, 0.2) is 72.8 Å². The van der Waals surface area contributed by atoms with Crippen LogP contribution in [0.25, 0.3) is 11.1 Å². The molecule has 1 aliphatic carbocycles. The van der Waals surface area contributed by atoms with E-state index in [1.54, 1.807) is 52.2 Å². The summed E-state index contributed by atoms with van der Waals surface area (Å²) in [5, 5.41) is 8.19. The van der Waals surface area contributed by atoms with Gasteiger partial charge in [-0.25, -0.2) is 14.4 Å². The summed E-state index contributed by atoms with van der Waals surface area (Å²) in [5.41, 5.74) is 16.3. The van der Waals surface area contributed by atoms with E-state index in [1.807, 2.05) is 48.5 Å². The maximum Gasteiger partial charge on any atom is 0.409 e. The number of carbonyl (C=O) groups is 5. The number of ether oxygens (including phenoxy) is 2. The van der Waals surface area contributed by atoms with Crippen molar-refractivity contribution in [3.05, 3.63) is 89.5 Å². The normalized spacial score (nSPS) is 12.7. The second kappa shape index (κ2) is 20.0. The molecule has 0 saturated carbocycles. The largest absolute Gasteiger partial charge is 0.449 e. The smallest absolute Gasteiger partial charge is 0.409 e. The molecule has 0 unspecified atom stereocenters. The molecule has 2 atom stereocenters. The van der Waals surface area contributed by atoms with Gasteiger partial charge in [0.2, 0.25) is 5.91 Å². The molecule has 0 heterocycles. The van der Waals surface area contributed by atoms with Gasteiger partial charge in [0.25, 0.3) is 5.91 Å². The van der Waals surface area contributed by atoms with Gasteiger partial charge < -0.3 is 41.8 Å². The Labute approximate surface area is 316 Å². The third-order valence-corrected chi connectivity index (χ3v) is 8.97. The summed E-state index contributed by atoms with van der Waals surface area (Å²) in [4.78, 5) is 67.1. The summed E-state index contributed by atoms with van der Waals surface area (Å²) < 4.78 is 11.2. The minimum atomic E-state index is -1.14. The molecule has 0 aliphatic heterocycles.